The van der Waals surface area contributed by atoms with Gasteiger partial charge in [-0.25, -0.2) is 0 Å². The van der Waals surface area contributed by atoms with E-state index in [4.69, 9.17) is 9.15 Å². The van der Waals surface area contributed by atoms with Crippen LogP contribution in [0.5, 0.6) is 5.75 Å². The number of fused-ring (bicyclic) bond motifs is 1. The third-order valence-corrected chi connectivity index (χ3v) is 3.98. The fourth-order valence-electron chi connectivity index (χ4n) is 2.21. The number of rotatable bonds is 3. The Morgan fingerprint density at radius 1 is 1.23 bits per heavy atom. The molecule has 0 radical (unpaired) electrons. The molecule has 0 saturated heterocycles. The van der Waals surface area contributed by atoms with Crippen LogP contribution in [0.3, 0.4) is 0 Å². The highest BCUT2D eigenvalue weighted by molar-refractivity contribution is 9.10. The normalized spacial score (nSPS) is 10.7. The maximum Gasteiger partial charge on any atom is 0.291 e. The van der Waals surface area contributed by atoms with Crippen molar-refractivity contribution in [1.29, 1.82) is 0 Å². The van der Waals surface area contributed by atoms with Gasteiger partial charge in [-0.3, -0.25) is 4.79 Å². The van der Waals surface area contributed by atoms with E-state index in [1.54, 1.807) is 19.2 Å². The van der Waals surface area contributed by atoms with Crippen molar-refractivity contribution in [3.63, 3.8) is 0 Å². The molecule has 0 atom stereocenters. The van der Waals surface area contributed by atoms with Crippen molar-refractivity contribution in [2.75, 3.05) is 12.4 Å². The van der Waals surface area contributed by atoms with E-state index in [-0.39, 0.29) is 11.7 Å². The first kappa shape index (κ1) is 14.7. The molecule has 1 amide bonds. The molecule has 3 rings (SSSR count). The first-order chi connectivity index (χ1) is 10.6. The second kappa shape index (κ2) is 5.85. The van der Waals surface area contributed by atoms with Crippen LogP contribution in [0.2, 0.25) is 0 Å². The van der Waals surface area contributed by atoms with E-state index >= 15 is 0 Å². The van der Waals surface area contributed by atoms with Crippen LogP contribution < -0.4 is 10.1 Å². The maximum atomic E-state index is 12.4. The summed E-state index contributed by atoms with van der Waals surface area (Å²) in [6, 6.07) is 13.0. The molecule has 22 heavy (non-hydrogen) atoms. The molecule has 0 spiro atoms. The molecular weight excluding hydrogens is 346 g/mol. The monoisotopic (exact) mass is 359 g/mol. The molecule has 112 valence electrons. The van der Waals surface area contributed by atoms with E-state index in [0.29, 0.717) is 17.0 Å². The summed E-state index contributed by atoms with van der Waals surface area (Å²) < 4.78 is 11.7. The number of halogens is 1. The molecule has 0 saturated carbocycles. The Kier molecular flexibility index (Phi) is 3.90. The van der Waals surface area contributed by atoms with E-state index < -0.39 is 0 Å². The fourth-order valence-corrected chi connectivity index (χ4v) is 2.81. The Labute approximate surface area is 136 Å². The number of anilines is 1. The van der Waals surface area contributed by atoms with Crippen LogP contribution >= 0.6 is 15.9 Å². The predicted octanol–water partition coefficient (Wildman–Crippen LogP) is 4.76. The highest BCUT2D eigenvalue weighted by atomic mass is 79.9. The molecule has 3 aromatic rings. The van der Waals surface area contributed by atoms with Crippen LogP contribution in [0.1, 0.15) is 16.1 Å². The van der Waals surface area contributed by atoms with E-state index in [1.807, 2.05) is 37.3 Å². The average molecular weight is 360 g/mol. The number of hydrogen-bond acceptors (Lipinski definition) is 3. The van der Waals surface area contributed by atoms with E-state index in [9.17, 15) is 4.79 Å². The molecule has 0 unspecified atom stereocenters. The van der Waals surface area contributed by atoms with Crippen molar-refractivity contribution in [2.45, 2.75) is 6.92 Å². The van der Waals surface area contributed by atoms with Crippen LogP contribution in [-0.2, 0) is 0 Å². The van der Waals surface area contributed by atoms with E-state index in [1.165, 1.54) is 0 Å². The van der Waals surface area contributed by atoms with Gasteiger partial charge in [-0.2, -0.15) is 0 Å². The Hall–Kier alpha value is -2.27. The number of aryl methyl sites for hydroxylation is 1. The van der Waals surface area contributed by atoms with Gasteiger partial charge in [0.2, 0.25) is 0 Å². The number of para-hydroxylation sites is 1. The second-order valence-corrected chi connectivity index (χ2v) is 5.78. The molecule has 1 heterocycles. The molecular formula is C17H14BrNO3. The van der Waals surface area contributed by atoms with Crippen molar-refractivity contribution >= 4 is 38.5 Å². The number of nitrogens with one attached hydrogen (secondary N) is 1. The van der Waals surface area contributed by atoms with E-state index in [2.05, 4.69) is 21.2 Å². The van der Waals surface area contributed by atoms with Crippen molar-refractivity contribution in [3.05, 3.63) is 58.3 Å². The zero-order valence-corrected chi connectivity index (χ0v) is 13.7. The van der Waals surface area contributed by atoms with Gasteiger partial charge in [-0.05, 0) is 52.7 Å². The van der Waals surface area contributed by atoms with Gasteiger partial charge < -0.3 is 14.5 Å². The number of benzene rings is 2. The van der Waals surface area contributed by atoms with E-state index in [0.717, 1.165) is 15.4 Å². The second-order valence-electron chi connectivity index (χ2n) is 4.93. The number of ether oxygens (including phenoxy) is 1. The van der Waals surface area contributed by atoms with Crippen LogP contribution in [0.25, 0.3) is 11.0 Å². The zero-order chi connectivity index (χ0) is 15.7. The van der Waals surface area contributed by atoms with Gasteiger partial charge in [0.25, 0.3) is 5.91 Å². The summed E-state index contributed by atoms with van der Waals surface area (Å²) >= 11 is 3.44. The Morgan fingerprint density at radius 3 is 2.77 bits per heavy atom. The topological polar surface area (TPSA) is 51.5 Å². The molecule has 4 nitrogen and oxygen atoms in total. The Morgan fingerprint density at radius 2 is 2.05 bits per heavy atom. The van der Waals surface area contributed by atoms with Crippen molar-refractivity contribution in [3.8, 4) is 5.75 Å². The Bertz CT molecular complexity index is 854. The summed E-state index contributed by atoms with van der Waals surface area (Å²) in [6.45, 7) is 1.99. The molecule has 0 fully saturated rings. The predicted molar refractivity (Wildman–Crippen MR) is 89.6 cm³/mol. The minimum Gasteiger partial charge on any atom is -0.493 e. The number of hydrogen-bond donors (Lipinski definition) is 1. The summed E-state index contributed by atoms with van der Waals surface area (Å²) in [5, 5.41) is 3.66. The zero-order valence-electron chi connectivity index (χ0n) is 12.1. The SMILES string of the molecule is COc1cccc2cc(C(=O)Nc3ccc(C)cc3Br)oc12. The number of carbonyl (C=O) groups is 1. The first-order valence-corrected chi connectivity index (χ1v) is 7.52. The third-order valence-electron chi connectivity index (χ3n) is 3.32. The van der Waals surface area contributed by atoms with Crippen LogP contribution in [0.15, 0.2) is 51.4 Å². The summed E-state index contributed by atoms with van der Waals surface area (Å²) in [5.41, 5.74) is 2.37. The number of amides is 1. The van der Waals surface area contributed by atoms with Gasteiger partial charge in [0, 0.05) is 9.86 Å². The third kappa shape index (κ3) is 2.72. The molecule has 0 bridgehead atoms. The van der Waals surface area contributed by atoms with Crippen molar-refractivity contribution in [2.24, 2.45) is 0 Å². The van der Waals surface area contributed by atoms with Crippen molar-refractivity contribution in [1.82, 2.24) is 0 Å². The fraction of sp³-hybridized carbons (Fsp3) is 0.118. The van der Waals surface area contributed by atoms with Gasteiger partial charge in [-0.15, -0.1) is 0 Å². The molecule has 5 heteroatoms. The Balaban J connectivity index is 1.92. The molecule has 1 N–H and O–H groups in total. The summed E-state index contributed by atoms with van der Waals surface area (Å²) in [5.74, 6) is 0.544. The average Bonchev–Trinajstić information content (AvgIpc) is 2.94. The molecule has 0 aliphatic heterocycles. The van der Waals surface area contributed by atoms with Crippen LogP contribution in [0, 0.1) is 6.92 Å². The number of furan rings is 1. The lowest BCUT2D eigenvalue weighted by atomic mass is 10.2. The lowest BCUT2D eigenvalue weighted by molar-refractivity contribution is 0.0998. The maximum absolute atomic E-state index is 12.4. The first-order valence-electron chi connectivity index (χ1n) is 6.72. The van der Waals surface area contributed by atoms with Gasteiger partial charge in [-0.1, -0.05) is 18.2 Å². The van der Waals surface area contributed by atoms with Gasteiger partial charge in [0.05, 0.1) is 12.8 Å². The smallest absolute Gasteiger partial charge is 0.291 e. The minimum absolute atomic E-state index is 0.243. The summed E-state index contributed by atoms with van der Waals surface area (Å²) in [4.78, 5) is 12.4. The minimum atomic E-state index is -0.303. The van der Waals surface area contributed by atoms with Gasteiger partial charge in [0.1, 0.15) is 0 Å². The van der Waals surface area contributed by atoms with Gasteiger partial charge in [0.15, 0.2) is 17.1 Å². The summed E-state index contributed by atoms with van der Waals surface area (Å²) in [7, 11) is 1.57. The van der Waals surface area contributed by atoms with Crippen LogP contribution in [-0.4, -0.2) is 13.0 Å². The molecule has 1 aromatic heterocycles. The summed E-state index contributed by atoms with van der Waals surface area (Å²) in [6.07, 6.45) is 0. The quantitative estimate of drug-likeness (QED) is 0.732. The highest BCUT2D eigenvalue weighted by Crippen LogP contribution is 2.29. The van der Waals surface area contributed by atoms with Gasteiger partial charge >= 0.3 is 0 Å². The van der Waals surface area contributed by atoms with Crippen LogP contribution in [0.4, 0.5) is 5.69 Å². The largest absolute Gasteiger partial charge is 0.493 e. The standard InChI is InChI=1S/C17H14BrNO3/c1-10-6-7-13(12(18)8-10)19-17(20)15-9-11-4-3-5-14(21-2)16(11)22-15/h3-9H,1-2H3,(H,19,20). The molecule has 0 aliphatic carbocycles. The lowest BCUT2D eigenvalue weighted by Gasteiger charge is -2.06. The molecule has 0 aliphatic rings. The number of carbonyl (C=O) groups excluding carboxylic acids is 1. The van der Waals surface area contributed by atoms with Crippen molar-refractivity contribution < 1.29 is 13.9 Å². The lowest BCUT2D eigenvalue weighted by Crippen LogP contribution is -2.11. The molecule has 2 aromatic carbocycles. The number of methoxy groups -OCH3 is 1. The highest BCUT2D eigenvalue weighted by Gasteiger charge is 2.15.